The number of para-hydroxylation sites is 1. The van der Waals surface area contributed by atoms with Crippen LogP contribution in [0.1, 0.15) is 17.1 Å². The summed E-state index contributed by atoms with van der Waals surface area (Å²) in [4.78, 5) is 19.7. The molecule has 0 N–H and O–H groups in total. The van der Waals surface area contributed by atoms with E-state index in [1.54, 1.807) is 24.3 Å². The Morgan fingerprint density at radius 3 is 2.32 bits per heavy atom. The van der Waals surface area contributed by atoms with Gasteiger partial charge in [0.2, 0.25) is 3.79 Å². The number of nitro benzene ring substituents is 1. The molecule has 2 aromatic carbocycles. The Balaban J connectivity index is 2.21. The minimum atomic E-state index is -1.83. The third-order valence-electron chi connectivity index (χ3n) is 4.08. The number of methoxy groups -OCH3 is 2. The second-order valence-electron chi connectivity index (χ2n) is 5.78. The summed E-state index contributed by atoms with van der Waals surface area (Å²) in [5.74, 6) is 0.616. The van der Waals surface area contributed by atoms with E-state index in [0.29, 0.717) is 27.9 Å². The van der Waals surface area contributed by atoms with E-state index >= 15 is 0 Å². The quantitative estimate of drug-likeness (QED) is 0.315. The molecule has 0 amide bonds. The molecule has 0 saturated carbocycles. The second-order valence-corrected chi connectivity index (χ2v) is 8.06. The van der Waals surface area contributed by atoms with Gasteiger partial charge in [-0.2, -0.15) is 0 Å². The summed E-state index contributed by atoms with van der Waals surface area (Å²) in [6.45, 7) is 0. The number of ether oxygens (including phenoxy) is 2. The van der Waals surface area contributed by atoms with Gasteiger partial charge in [-0.15, -0.1) is 0 Å². The Bertz CT molecular complexity index is 1050. The van der Waals surface area contributed by atoms with E-state index in [2.05, 4.69) is 9.97 Å². The Morgan fingerprint density at radius 1 is 1.07 bits per heavy atom. The number of rotatable bonds is 5. The molecule has 1 aromatic heterocycles. The van der Waals surface area contributed by atoms with Crippen molar-refractivity contribution in [2.24, 2.45) is 0 Å². The van der Waals surface area contributed by atoms with Crippen molar-refractivity contribution < 1.29 is 14.4 Å². The van der Waals surface area contributed by atoms with Crippen molar-refractivity contribution in [2.75, 3.05) is 14.2 Å². The van der Waals surface area contributed by atoms with Crippen LogP contribution in [0.15, 0.2) is 36.4 Å². The first-order valence-corrected chi connectivity index (χ1v) is 9.10. The number of benzene rings is 2. The highest BCUT2D eigenvalue weighted by atomic mass is 35.6. The molecule has 3 aromatic rings. The highest BCUT2D eigenvalue weighted by Gasteiger charge is 2.29. The van der Waals surface area contributed by atoms with E-state index in [0.717, 1.165) is 0 Å². The van der Waals surface area contributed by atoms with Gasteiger partial charge in [-0.05, 0) is 12.1 Å². The lowest BCUT2D eigenvalue weighted by Crippen LogP contribution is -2.11. The minimum Gasteiger partial charge on any atom is -0.493 e. The average molecular weight is 443 g/mol. The lowest BCUT2D eigenvalue weighted by Gasteiger charge is -2.14. The summed E-state index contributed by atoms with van der Waals surface area (Å²) < 4.78 is 8.60. The Hall–Kier alpha value is -2.35. The van der Waals surface area contributed by atoms with Crippen LogP contribution in [0.5, 0.6) is 11.5 Å². The third kappa shape index (κ3) is 4.06. The van der Waals surface area contributed by atoms with Gasteiger partial charge in [0, 0.05) is 17.4 Å². The smallest absolute Gasteiger partial charge is 0.276 e. The predicted molar refractivity (Wildman–Crippen MR) is 108 cm³/mol. The van der Waals surface area contributed by atoms with Gasteiger partial charge in [0.15, 0.2) is 17.3 Å². The number of nitrogens with zero attached hydrogens (tertiary/aromatic N) is 3. The highest BCUT2D eigenvalue weighted by molar-refractivity contribution is 6.66. The van der Waals surface area contributed by atoms with E-state index in [4.69, 9.17) is 44.3 Å². The van der Waals surface area contributed by atoms with Crippen molar-refractivity contribution >= 4 is 51.4 Å². The maximum absolute atomic E-state index is 11.6. The first-order valence-electron chi connectivity index (χ1n) is 7.96. The predicted octanol–water partition coefficient (Wildman–Crippen LogP) is 4.97. The van der Waals surface area contributed by atoms with Gasteiger partial charge >= 0.3 is 0 Å². The van der Waals surface area contributed by atoms with E-state index < -0.39 is 8.72 Å². The van der Waals surface area contributed by atoms with Crippen LogP contribution in [0.4, 0.5) is 5.69 Å². The normalized spacial score (nSPS) is 11.5. The standard InChI is InChI=1S/C18H14Cl3N3O4/c1-27-15-8-10(14(24(25)26)9-16(15)28-2)7-13-11-5-3-4-6-12(11)22-17(23-13)18(19,20)21/h3-6,8-9H,7H2,1-2H3. The Morgan fingerprint density at radius 2 is 1.71 bits per heavy atom. The SMILES string of the molecule is COc1cc(Cc2nc(C(Cl)(Cl)Cl)nc3ccccc23)c([N+](=O)[O-])cc1OC. The van der Waals surface area contributed by atoms with Gasteiger partial charge in [-0.1, -0.05) is 53.0 Å². The number of halogens is 3. The van der Waals surface area contributed by atoms with Crippen LogP contribution in [-0.2, 0) is 10.2 Å². The van der Waals surface area contributed by atoms with Crippen LogP contribution < -0.4 is 9.47 Å². The number of aromatic nitrogens is 2. The minimum absolute atomic E-state index is 0.00525. The van der Waals surface area contributed by atoms with Crippen LogP contribution >= 0.6 is 34.8 Å². The lowest BCUT2D eigenvalue weighted by molar-refractivity contribution is -0.385. The fourth-order valence-electron chi connectivity index (χ4n) is 2.81. The molecule has 0 aliphatic rings. The molecule has 28 heavy (non-hydrogen) atoms. The molecule has 0 bridgehead atoms. The van der Waals surface area contributed by atoms with Crippen molar-refractivity contribution in [2.45, 2.75) is 10.2 Å². The van der Waals surface area contributed by atoms with Crippen molar-refractivity contribution in [1.29, 1.82) is 0 Å². The van der Waals surface area contributed by atoms with Crippen LogP contribution in [-0.4, -0.2) is 29.1 Å². The second kappa shape index (κ2) is 7.95. The number of hydrogen-bond acceptors (Lipinski definition) is 6. The molecule has 0 spiro atoms. The number of hydrogen-bond donors (Lipinski definition) is 0. The van der Waals surface area contributed by atoms with E-state index in [1.807, 2.05) is 6.07 Å². The maximum atomic E-state index is 11.6. The zero-order chi connectivity index (χ0) is 20.5. The fourth-order valence-corrected chi connectivity index (χ4v) is 3.06. The summed E-state index contributed by atoms with van der Waals surface area (Å²) in [5, 5.41) is 12.3. The molecule has 7 nitrogen and oxygen atoms in total. The largest absolute Gasteiger partial charge is 0.493 e. The van der Waals surface area contributed by atoms with Gasteiger partial charge in [0.1, 0.15) is 0 Å². The zero-order valence-corrected chi connectivity index (χ0v) is 17.0. The molecule has 0 radical (unpaired) electrons. The topological polar surface area (TPSA) is 87.4 Å². The summed E-state index contributed by atoms with van der Waals surface area (Å²) in [5.41, 5.74) is 1.30. The molecular weight excluding hydrogens is 429 g/mol. The van der Waals surface area contributed by atoms with Gasteiger partial charge < -0.3 is 9.47 Å². The van der Waals surface area contributed by atoms with Crippen molar-refractivity contribution in [3.05, 3.63) is 63.6 Å². The van der Waals surface area contributed by atoms with Gasteiger partial charge in [-0.3, -0.25) is 10.1 Å². The highest BCUT2D eigenvalue weighted by Crippen LogP contribution is 2.39. The lowest BCUT2D eigenvalue weighted by atomic mass is 10.0. The molecule has 10 heteroatoms. The van der Waals surface area contributed by atoms with Gasteiger partial charge in [0.05, 0.1) is 36.4 Å². The Kier molecular flexibility index (Phi) is 5.79. The monoisotopic (exact) mass is 441 g/mol. The molecule has 0 unspecified atom stereocenters. The molecular formula is C18H14Cl3N3O4. The van der Waals surface area contributed by atoms with Crippen LogP contribution in [0, 0.1) is 10.1 Å². The number of alkyl halides is 3. The molecule has 0 aliphatic carbocycles. The summed E-state index contributed by atoms with van der Waals surface area (Å²) in [6, 6.07) is 10.0. The summed E-state index contributed by atoms with van der Waals surface area (Å²) >= 11 is 17.9. The third-order valence-corrected chi connectivity index (χ3v) is 4.58. The maximum Gasteiger partial charge on any atom is 0.276 e. The van der Waals surface area contributed by atoms with Crippen LogP contribution in [0.3, 0.4) is 0 Å². The summed E-state index contributed by atoms with van der Waals surface area (Å²) in [7, 11) is 2.86. The molecule has 146 valence electrons. The first kappa shape index (κ1) is 20.4. The van der Waals surface area contributed by atoms with Crippen LogP contribution in [0.25, 0.3) is 10.9 Å². The molecule has 3 rings (SSSR count). The number of nitro groups is 1. The molecule has 1 heterocycles. The number of fused-ring (bicyclic) bond motifs is 1. The zero-order valence-electron chi connectivity index (χ0n) is 14.8. The van der Waals surface area contributed by atoms with E-state index in [-0.39, 0.29) is 23.7 Å². The molecule has 0 aliphatic heterocycles. The Labute approximate surface area is 175 Å². The van der Waals surface area contributed by atoms with Crippen molar-refractivity contribution in [3.63, 3.8) is 0 Å². The van der Waals surface area contributed by atoms with E-state index in [9.17, 15) is 10.1 Å². The first-order chi connectivity index (χ1) is 13.2. The van der Waals surface area contributed by atoms with Gasteiger partial charge in [0.25, 0.3) is 5.69 Å². The average Bonchev–Trinajstić information content (AvgIpc) is 2.66. The molecule has 0 fully saturated rings. The van der Waals surface area contributed by atoms with E-state index in [1.165, 1.54) is 20.3 Å². The molecule has 0 atom stereocenters. The van der Waals surface area contributed by atoms with Crippen LogP contribution in [0.2, 0.25) is 0 Å². The van der Waals surface area contributed by atoms with Crippen molar-refractivity contribution in [1.82, 2.24) is 9.97 Å². The van der Waals surface area contributed by atoms with Crippen molar-refractivity contribution in [3.8, 4) is 11.5 Å². The summed E-state index contributed by atoms with van der Waals surface area (Å²) in [6.07, 6.45) is 0.105. The van der Waals surface area contributed by atoms with Gasteiger partial charge in [-0.25, -0.2) is 9.97 Å². The fraction of sp³-hybridized carbons (Fsp3) is 0.222. The molecule has 0 saturated heterocycles.